The van der Waals surface area contributed by atoms with Crippen LogP contribution in [0.15, 0.2) is 28.0 Å². The summed E-state index contributed by atoms with van der Waals surface area (Å²) >= 11 is 0. The number of carbonyl (C=O) groups is 1. The van der Waals surface area contributed by atoms with Crippen LogP contribution in [0, 0.1) is 11.7 Å². The van der Waals surface area contributed by atoms with Gasteiger partial charge in [0.05, 0.1) is 16.1 Å². The molecule has 26 heavy (non-hydrogen) atoms. The number of aryl methyl sites for hydroxylation is 1. The van der Waals surface area contributed by atoms with E-state index in [2.05, 4.69) is 5.10 Å². The van der Waals surface area contributed by atoms with Crippen molar-refractivity contribution in [2.45, 2.75) is 17.7 Å². The Bertz CT molecular complexity index is 1030. The Morgan fingerprint density at radius 2 is 2.00 bits per heavy atom. The van der Waals surface area contributed by atoms with Crippen molar-refractivity contribution in [3.8, 4) is 0 Å². The van der Waals surface area contributed by atoms with Crippen molar-refractivity contribution in [3.63, 3.8) is 0 Å². The van der Waals surface area contributed by atoms with Gasteiger partial charge in [0.25, 0.3) is 5.56 Å². The topological polar surface area (TPSA) is 92.2 Å². The number of aromatic nitrogens is 2. The molecule has 9 heteroatoms. The lowest BCUT2D eigenvalue weighted by Crippen LogP contribution is -2.25. The van der Waals surface area contributed by atoms with Crippen molar-refractivity contribution < 1.29 is 17.6 Å². The minimum Gasteiger partial charge on any atom is -0.371 e. The molecule has 3 rings (SSSR count). The standard InChI is InChI=1S/C17H20FN3O4S/c1-20(9-10-4-5-10)15-13(26(3,24)25)7-6-11(14(15)18)16(22)12-8-19-21(2)17(12)23/h6-8,10,19H,4-5,9H2,1-3H3. The summed E-state index contributed by atoms with van der Waals surface area (Å²) in [5.74, 6) is -1.32. The van der Waals surface area contributed by atoms with E-state index in [4.69, 9.17) is 0 Å². The van der Waals surface area contributed by atoms with Crippen molar-refractivity contribution in [3.05, 3.63) is 45.6 Å². The van der Waals surface area contributed by atoms with Gasteiger partial charge in [-0.25, -0.2) is 12.8 Å². The van der Waals surface area contributed by atoms with Gasteiger partial charge in [0, 0.05) is 33.1 Å². The minimum absolute atomic E-state index is 0.127. The van der Waals surface area contributed by atoms with E-state index in [9.17, 15) is 18.0 Å². The number of carbonyl (C=O) groups excluding carboxylic acids is 1. The molecule has 1 fully saturated rings. The van der Waals surface area contributed by atoms with Crippen LogP contribution < -0.4 is 10.5 Å². The predicted octanol–water partition coefficient (Wildman–Crippen LogP) is 1.33. The highest BCUT2D eigenvalue weighted by atomic mass is 32.2. The van der Waals surface area contributed by atoms with Gasteiger partial charge < -0.3 is 10.00 Å². The molecule has 0 amide bonds. The molecule has 0 atom stereocenters. The molecule has 0 bridgehead atoms. The lowest BCUT2D eigenvalue weighted by molar-refractivity contribution is 0.103. The Kier molecular flexibility index (Phi) is 4.51. The monoisotopic (exact) mass is 381 g/mol. The first kappa shape index (κ1) is 18.4. The third kappa shape index (κ3) is 3.31. The maximum Gasteiger partial charge on any atom is 0.277 e. The average Bonchev–Trinajstić information content (AvgIpc) is 3.30. The Morgan fingerprint density at radius 3 is 2.50 bits per heavy atom. The number of halogens is 1. The van der Waals surface area contributed by atoms with Gasteiger partial charge >= 0.3 is 0 Å². The summed E-state index contributed by atoms with van der Waals surface area (Å²) in [4.78, 5) is 26.0. The fraction of sp³-hybridized carbons (Fsp3) is 0.412. The molecule has 1 heterocycles. The van der Waals surface area contributed by atoms with E-state index < -0.39 is 27.0 Å². The number of sulfone groups is 1. The van der Waals surface area contributed by atoms with Gasteiger partial charge in [0.2, 0.25) is 5.78 Å². The van der Waals surface area contributed by atoms with Crippen molar-refractivity contribution in [1.29, 1.82) is 0 Å². The first-order chi connectivity index (χ1) is 12.1. The molecule has 1 aliphatic carbocycles. The second-order valence-corrected chi connectivity index (χ2v) is 8.73. The molecule has 0 saturated heterocycles. The Morgan fingerprint density at radius 1 is 1.35 bits per heavy atom. The average molecular weight is 381 g/mol. The van der Waals surface area contributed by atoms with Crippen molar-refractivity contribution in [2.75, 3.05) is 24.7 Å². The molecule has 0 unspecified atom stereocenters. The number of hydrogen-bond donors (Lipinski definition) is 1. The maximum absolute atomic E-state index is 15.2. The van der Waals surface area contributed by atoms with Crippen molar-refractivity contribution in [2.24, 2.45) is 13.0 Å². The smallest absolute Gasteiger partial charge is 0.277 e. The third-order valence-corrected chi connectivity index (χ3v) is 5.64. The van der Waals surface area contributed by atoms with Crippen LogP contribution in [0.4, 0.5) is 10.1 Å². The van der Waals surface area contributed by atoms with Crippen LogP contribution in [0.5, 0.6) is 0 Å². The Labute approximate surface area is 150 Å². The molecule has 0 spiro atoms. The molecule has 1 aliphatic rings. The SMILES string of the molecule is CN(CC1CC1)c1c(S(C)(=O)=O)ccc(C(=O)c2c[nH]n(C)c2=O)c1F. The van der Waals surface area contributed by atoms with Crippen LogP contribution >= 0.6 is 0 Å². The largest absolute Gasteiger partial charge is 0.371 e. The van der Waals surface area contributed by atoms with Crippen LogP contribution in [-0.4, -0.2) is 43.8 Å². The molecule has 7 nitrogen and oxygen atoms in total. The number of rotatable bonds is 6. The van der Waals surface area contributed by atoms with Crippen LogP contribution in [0.3, 0.4) is 0 Å². The van der Waals surface area contributed by atoms with Crippen molar-refractivity contribution in [1.82, 2.24) is 9.78 Å². The van der Waals surface area contributed by atoms with Gasteiger partial charge in [-0.2, -0.15) is 0 Å². The van der Waals surface area contributed by atoms with Gasteiger partial charge in [0.1, 0.15) is 5.56 Å². The molecule has 2 aromatic rings. The molecule has 140 valence electrons. The van der Waals surface area contributed by atoms with Crippen molar-refractivity contribution >= 4 is 21.3 Å². The number of nitrogens with one attached hydrogen (secondary N) is 1. The molecular weight excluding hydrogens is 361 g/mol. The molecule has 1 N–H and O–H groups in total. The highest BCUT2D eigenvalue weighted by Crippen LogP contribution is 2.35. The van der Waals surface area contributed by atoms with Gasteiger partial charge in [-0.1, -0.05) is 0 Å². The number of hydrogen-bond acceptors (Lipinski definition) is 5. The summed E-state index contributed by atoms with van der Waals surface area (Å²) in [6.45, 7) is 0.503. The number of aromatic amines is 1. The normalized spacial score (nSPS) is 14.5. The Balaban J connectivity index is 2.14. The fourth-order valence-corrected chi connectivity index (χ4v) is 3.84. The van der Waals surface area contributed by atoms with E-state index in [-0.39, 0.29) is 21.7 Å². The summed E-state index contributed by atoms with van der Waals surface area (Å²) in [5.41, 5.74) is -1.23. The highest BCUT2D eigenvalue weighted by Gasteiger charge is 2.30. The first-order valence-corrected chi connectivity index (χ1v) is 10.0. The Hall–Kier alpha value is -2.42. The lowest BCUT2D eigenvalue weighted by Gasteiger charge is -2.23. The number of benzene rings is 1. The van der Waals surface area contributed by atoms with Crippen LogP contribution in [0.1, 0.15) is 28.8 Å². The van der Waals surface area contributed by atoms with Gasteiger partial charge in [0.15, 0.2) is 15.7 Å². The number of anilines is 1. The van der Waals surface area contributed by atoms with Gasteiger partial charge in [-0.05, 0) is 30.9 Å². The molecule has 1 aromatic heterocycles. The maximum atomic E-state index is 15.2. The number of nitrogens with zero attached hydrogens (tertiary/aromatic N) is 2. The summed E-state index contributed by atoms with van der Waals surface area (Å²) in [6.07, 6.45) is 4.23. The zero-order valence-electron chi connectivity index (χ0n) is 14.7. The van der Waals surface area contributed by atoms with E-state index in [1.165, 1.54) is 24.2 Å². The predicted molar refractivity (Wildman–Crippen MR) is 95.0 cm³/mol. The summed E-state index contributed by atoms with van der Waals surface area (Å²) in [5, 5.41) is 2.57. The van der Waals surface area contributed by atoms with Crippen LogP contribution in [0.2, 0.25) is 0 Å². The van der Waals surface area contributed by atoms with Gasteiger partial charge in [-0.3, -0.25) is 14.3 Å². The summed E-state index contributed by atoms with van der Waals surface area (Å²) in [7, 11) is -0.645. The zero-order chi connectivity index (χ0) is 19.2. The molecular formula is C17H20FN3O4S. The molecule has 1 aromatic carbocycles. The summed E-state index contributed by atoms with van der Waals surface area (Å²) in [6, 6.07) is 2.34. The van der Waals surface area contributed by atoms with Crippen LogP contribution in [0.25, 0.3) is 0 Å². The highest BCUT2D eigenvalue weighted by molar-refractivity contribution is 7.90. The summed E-state index contributed by atoms with van der Waals surface area (Å²) < 4.78 is 40.5. The number of ketones is 1. The lowest BCUT2D eigenvalue weighted by atomic mass is 10.0. The second kappa shape index (κ2) is 6.39. The minimum atomic E-state index is -3.69. The van der Waals surface area contributed by atoms with E-state index >= 15 is 4.39 Å². The number of H-pyrrole nitrogens is 1. The molecule has 0 radical (unpaired) electrons. The zero-order valence-corrected chi connectivity index (χ0v) is 15.6. The van der Waals surface area contributed by atoms with Crippen LogP contribution in [-0.2, 0) is 16.9 Å². The third-order valence-electron chi connectivity index (χ3n) is 4.52. The van der Waals surface area contributed by atoms with E-state index in [0.717, 1.165) is 29.8 Å². The van der Waals surface area contributed by atoms with E-state index in [1.807, 2.05) is 0 Å². The fourth-order valence-electron chi connectivity index (χ4n) is 2.93. The van der Waals surface area contributed by atoms with E-state index in [1.54, 1.807) is 7.05 Å². The quantitative estimate of drug-likeness (QED) is 0.762. The van der Waals surface area contributed by atoms with E-state index in [0.29, 0.717) is 12.5 Å². The first-order valence-electron chi connectivity index (χ1n) is 8.14. The molecule has 1 saturated carbocycles. The van der Waals surface area contributed by atoms with Gasteiger partial charge in [-0.15, -0.1) is 0 Å². The second-order valence-electron chi connectivity index (χ2n) is 6.75. The molecule has 0 aliphatic heterocycles.